The lowest BCUT2D eigenvalue weighted by Crippen LogP contribution is -2.48. The molecule has 1 saturated heterocycles. The third-order valence-corrected chi connectivity index (χ3v) is 3.91. The molecular formula is C14H22N6. The lowest BCUT2D eigenvalue weighted by atomic mass is 10.1. The van der Waals surface area contributed by atoms with Crippen molar-refractivity contribution in [2.24, 2.45) is 11.7 Å². The topological polar surface area (TPSA) is 62.7 Å². The van der Waals surface area contributed by atoms with Crippen LogP contribution in [0.1, 0.15) is 6.92 Å². The van der Waals surface area contributed by atoms with E-state index >= 15 is 0 Å². The Balaban J connectivity index is 1.62. The van der Waals surface area contributed by atoms with Gasteiger partial charge in [0.25, 0.3) is 0 Å². The van der Waals surface area contributed by atoms with E-state index in [9.17, 15) is 0 Å². The zero-order valence-corrected chi connectivity index (χ0v) is 11.9. The van der Waals surface area contributed by atoms with Crippen LogP contribution >= 0.6 is 0 Å². The summed E-state index contributed by atoms with van der Waals surface area (Å²) in [6, 6.07) is 3.97. The van der Waals surface area contributed by atoms with E-state index in [4.69, 9.17) is 5.73 Å². The van der Waals surface area contributed by atoms with Crippen LogP contribution in [0.3, 0.4) is 0 Å². The molecule has 0 amide bonds. The maximum absolute atomic E-state index is 5.69. The van der Waals surface area contributed by atoms with E-state index in [2.05, 4.69) is 26.8 Å². The molecule has 1 atom stereocenters. The molecule has 20 heavy (non-hydrogen) atoms. The van der Waals surface area contributed by atoms with Crippen LogP contribution in [0.15, 0.2) is 24.5 Å². The second-order valence-corrected chi connectivity index (χ2v) is 5.55. The SMILES string of the molecule is CC(CN)CN1CCN(c2ccn3nccc3n2)CC1. The van der Waals surface area contributed by atoms with Crippen LogP contribution in [0.5, 0.6) is 0 Å². The Morgan fingerprint density at radius 1 is 1.25 bits per heavy atom. The quantitative estimate of drug-likeness (QED) is 0.877. The largest absolute Gasteiger partial charge is 0.354 e. The van der Waals surface area contributed by atoms with Gasteiger partial charge < -0.3 is 10.6 Å². The van der Waals surface area contributed by atoms with Gasteiger partial charge in [0.15, 0.2) is 5.65 Å². The van der Waals surface area contributed by atoms with Gasteiger partial charge in [-0.3, -0.25) is 4.90 Å². The monoisotopic (exact) mass is 274 g/mol. The Morgan fingerprint density at radius 3 is 2.80 bits per heavy atom. The minimum atomic E-state index is 0.572. The number of hydrogen-bond donors (Lipinski definition) is 1. The number of hydrogen-bond acceptors (Lipinski definition) is 5. The van der Waals surface area contributed by atoms with Crippen LogP contribution < -0.4 is 10.6 Å². The first-order valence-electron chi connectivity index (χ1n) is 7.24. The Morgan fingerprint density at radius 2 is 2.05 bits per heavy atom. The molecule has 3 rings (SSSR count). The van der Waals surface area contributed by atoms with Gasteiger partial charge in [-0.05, 0) is 18.5 Å². The fourth-order valence-electron chi connectivity index (χ4n) is 2.65. The van der Waals surface area contributed by atoms with Crippen LogP contribution in [-0.4, -0.2) is 58.8 Å². The van der Waals surface area contributed by atoms with Crippen molar-refractivity contribution in [3.8, 4) is 0 Å². The summed E-state index contributed by atoms with van der Waals surface area (Å²) < 4.78 is 1.79. The molecule has 0 saturated carbocycles. The predicted molar refractivity (Wildman–Crippen MR) is 79.9 cm³/mol. The molecule has 2 aromatic rings. The molecular weight excluding hydrogens is 252 g/mol. The van der Waals surface area contributed by atoms with Gasteiger partial charge in [0.2, 0.25) is 0 Å². The van der Waals surface area contributed by atoms with Gasteiger partial charge in [-0.1, -0.05) is 6.92 Å². The summed E-state index contributed by atoms with van der Waals surface area (Å²) in [5.41, 5.74) is 6.60. The lowest BCUT2D eigenvalue weighted by Gasteiger charge is -2.36. The van der Waals surface area contributed by atoms with Crippen LogP contribution in [-0.2, 0) is 0 Å². The highest BCUT2D eigenvalue weighted by molar-refractivity contribution is 5.47. The molecule has 6 heteroatoms. The molecule has 1 aliphatic rings. The Labute approximate surface area is 119 Å². The number of nitrogens with zero attached hydrogens (tertiary/aromatic N) is 5. The summed E-state index contributed by atoms with van der Waals surface area (Å²) in [5.74, 6) is 1.62. The second-order valence-electron chi connectivity index (χ2n) is 5.55. The zero-order chi connectivity index (χ0) is 13.9. The number of rotatable bonds is 4. The summed E-state index contributed by atoms with van der Waals surface area (Å²) in [6.07, 6.45) is 3.75. The molecule has 2 N–H and O–H groups in total. The van der Waals surface area contributed by atoms with E-state index in [1.165, 1.54) is 0 Å². The van der Waals surface area contributed by atoms with Crippen molar-refractivity contribution in [3.63, 3.8) is 0 Å². The highest BCUT2D eigenvalue weighted by atomic mass is 15.3. The molecule has 0 aliphatic carbocycles. The Hall–Kier alpha value is -1.66. The fraction of sp³-hybridized carbons (Fsp3) is 0.571. The van der Waals surface area contributed by atoms with Gasteiger partial charge in [-0.2, -0.15) is 5.10 Å². The molecule has 3 heterocycles. The first kappa shape index (κ1) is 13.3. The van der Waals surface area contributed by atoms with Crippen LogP contribution in [0.4, 0.5) is 5.82 Å². The average molecular weight is 274 g/mol. The van der Waals surface area contributed by atoms with Crippen molar-refractivity contribution in [2.75, 3.05) is 44.2 Å². The number of fused-ring (bicyclic) bond motifs is 1. The molecule has 1 fully saturated rings. The highest BCUT2D eigenvalue weighted by Crippen LogP contribution is 2.15. The van der Waals surface area contributed by atoms with Crippen molar-refractivity contribution < 1.29 is 0 Å². The first-order chi connectivity index (χ1) is 9.76. The maximum atomic E-state index is 5.69. The molecule has 0 aromatic carbocycles. The molecule has 0 bridgehead atoms. The minimum absolute atomic E-state index is 0.572. The third-order valence-electron chi connectivity index (χ3n) is 3.91. The van der Waals surface area contributed by atoms with Gasteiger partial charge in [0.05, 0.1) is 6.20 Å². The smallest absolute Gasteiger partial charge is 0.157 e. The third kappa shape index (κ3) is 2.76. The van der Waals surface area contributed by atoms with Gasteiger partial charge in [-0.25, -0.2) is 9.50 Å². The summed E-state index contributed by atoms with van der Waals surface area (Å²) in [6.45, 7) is 8.27. The molecule has 1 unspecified atom stereocenters. The number of piperazine rings is 1. The van der Waals surface area contributed by atoms with E-state index in [-0.39, 0.29) is 0 Å². The van der Waals surface area contributed by atoms with Gasteiger partial charge >= 0.3 is 0 Å². The van der Waals surface area contributed by atoms with E-state index in [0.717, 1.165) is 50.7 Å². The number of nitrogens with two attached hydrogens (primary N) is 1. The Kier molecular flexibility index (Phi) is 3.84. The number of anilines is 1. The maximum Gasteiger partial charge on any atom is 0.157 e. The first-order valence-corrected chi connectivity index (χ1v) is 7.24. The normalized spacial score (nSPS) is 18.6. The minimum Gasteiger partial charge on any atom is -0.354 e. The fourth-order valence-corrected chi connectivity index (χ4v) is 2.65. The van der Waals surface area contributed by atoms with Crippen molar-refractivity contribution >= 4 is 11.5 Å². The molecule has 1 aliphatic heterocycles. The number of aromatic nitrogens is 3. The van der Waals surface area contributed by atoms with E-state index < -0.39 is 0 Å². The van der Waals surface area contributed by atoms with E-state index in [1.807, 2.05) is 18.3 Å². The Bertz CT molecular complexity index is 558. The van der Waals surface area contributed by atoms with Gasteiger partial charge in [0.1, 0.15) is 5.82 Å². The lowest BCUT2D eigenvalue weighted by molar-refractivity contribution is 0.227. The van der Waals surface area contributed by atoms with Crippen molar-refractivity contribution in [1.29, 1.82) is 0 Å². The van der Waals surface area contributed by atoms with Gasteiger partial charge in [-0.15, -0.1) is 0 Å². The molecule has 2 aromatic heterocycles. The summed E-state index contributed by atoms with van der Waals surface area (Å²) in [7, 11) is 0. The summed E-state index contributed by atoms with van der Waals surface area (Å²) in [5, 5.41) is 4.17. The highest BCUT2D eigenvalue weighted by Gasteiger charge is 2.19. The van der Waals surface area contributed by atoms with E-state index in [0.29, 0.717) is 5.92 Å². The van der Waals surface area contributed by atoms with Gasteiger partial charge in [0, 0.05) is 45.0 Å². The van der Waals surface area contributed by atoms with Crippen LogP contribution in [0.2, 0.25) is 0 Å². The van der Waals surface area contributed by atoms with E-state index in [1.54, 1.807) is 10.7 Å². The summed E-state index contributed by atoms with van der Waals surface area (Å²) in [4.78, 5) is 9.48. The van der Waals surface area contributed by atoms with Crippen molar-refractivity contribution in [3.05, 3.63) is 24.5 Å². The molecule has 108 valence electrons. The van der Waals surface area contributed by atoms with Crippen LogP contribution in [0, 0.1) is 5.92 Å². The predicted octanol–water partition coefficient (Wildman–Crippen LogP) is 0.446. The standard InChI is InChI=1S/C14H22N6/c1-12(10-15)11-18-6-8-19(9-7-18)13-3-5-20-14(17-13)2-4-16-20/h2-5,12H,6-11,15H2,1H3. The zero-order valence-electron chi connectivity index (χ0n) is 11.9. The molecule has 0 spiro atoms. The van der Waals surface area contributed by atoms with Crippen molar-refractivity contribution in [1.82, 2.24) is 19.5 Å². The summed E-state index contributed by atoms with van der Waals surface area (Å²) >= 11 is 0. The molecule has 0 radical (unpaired) electrons. The molecule has 6 nitrogen and oxygen atoms in total. The van der Waals surface area contributed by atoms with Crippen molar-refractivity contribution in [2.45, 2.75) is 6.92 Å². The second kappa shape index (κ2) is 5.76. The van der Waals surface area contributed by atoms with Crippen LogP contribution in [0.25, 0.3) is 5.65 Å². The average Bonchev–Trinajstić information content (AvgIpc) is 2.95.